The number of carbonyl (C=O) groups excluding carboxylic acids is 2. The number of amides is 2. The molecule has 1 aromatic carbocycles. The fourth-order valence-electron chi connectivity index (χ4n) is 2.94. The number of nitrogens with one attached hydrogen (secondary N) is 1. The number of urea groups is 1. The largest absolute Gasteiger partial charge is 0.478 e. The molecule has 2 heterocycles. The maximum Gasteiger partial charge on any atom is 0.337 e. The Kier molecular flexibility index (Phi) is 7.44. The lowest BCUT2D eigenvalue weighted by Crippen LogP contribution is -2.45. The van der Waals surface area contributed by atoms with Crippen LogP contribution in [0, 0.1) is 12.8 Å². The van der Waals surface area contributed by atoms with Crippen molar-refractivity contribution in [1.29, 1.82) is 0 Å². The number of rotatable bonds is 8. The lowest BCUT2D eigenvalue weighted by molar-refractivity contribution is 0.112. The number of anilines is 1. The van der Waals surface area contributed by atoms with E-state index in [9.17, 15) is 18.0 Å². The van der Waals surface area contributed by atoms with E-state index in [1.807, 2.05) is 13.8 Å². The average Bonchev–Trinajstić information content (AvgIpc) is 3.29. The van der Waals surface area contributed by atoms with Crippen molar-refractivity contribution in [3.63, 3.8) is 0 Å². The molecule has 174 valence electrons. The number of methoxy groups -OCH3 is 1. The van der Waals surface area contributed by atoms with Crippen molar-refractivity contribution < 1.29 is 22.7 Å². The summed E-state index contributed by atoms with van der Waals surface area (Å²) in [7, 11) is -3.08. The number of hydrogen-bond donors (Lipinski definition) is 1. The van der Waals surface area contributed by atoms with Crippen molar-refractivity contribution in [2.24, 2.45) is 5.92 Å². The molecule has 0 aliphatic carbocycles. The number of aromatic nitrogens is 2. The first-order valence-electron chi connectivity index (χ1n) is 10.0. The summed E-state index contributed by atoms with van der Waals surface area (Å²) in [6.45, 7) is 5.73. The molecule has 11 heteroatoms. The molecule has 0 saturated carbocycles. The maximum atomic E-state index is 13.8. The minimum absolute atomic E-state index is 0.0505. The van der Waals surface area contributed by atoms with E-state index >= 15 is 0 Å². The zero-order valence-electron chi connectivity index (χ0n) is 18.6. The number of carbonyl (C=O) groups is 2. The predicted molar refractivity (Wildman–Crippen MR) is 126 cm³/mol. The van der Waals surface area contributed by atoms with E-state index in [2.05, 4.69) is 15.3 Å². The Hall–Kier alpha value is -3.31. The number of sulfonamides is 1. The molecule has 0 bridgehead atoms. The number of thiophene rings is 1. The molecule has 2 aromatic heterocycles. The Balaban J connectivity index is 2.15. The molecule has 0 spiro atoms. The van der Waals surface area contributed by atoms with Crippen LogP contribution in [0.4, 0.5) is 10.6 Å². The Morgan fingerprint density at radius 2 is 1.94 bits per heavy atom. The number of aldehydes is 1. The van der Waals surface area contributed by atoms with Crippen LogP contribution >= 0.6 is 11.3 Å². The number of ether oxygens (including phenoxy) is 1. The van der Waals surface area contributed by atoms with Crippen LogP contribution in [0.5, 0.6) is 5.88 Å². The highest BCUT2D eigenvalue weighted by Gasteiger charge is 2.37. The Labute approximate surface area is 196 Å². The molecule has 0 aliphatic heterocycles. The van der Waals surface area contributed by atoms with Crippen LogP contribution in [0.1, 0.15) is 29.9 Å². The average molecular weight is 489 g/mol. The van der Waals surface area contributed by atoms with Crippen LogP contribution < -0.4 is 14.4 Å². The van der Waals surface area contributed by atoms with Gasteiger partial charge in [0.25, 0.3) is 15.9 Å². The van der Waals surface area contributed by atoms with Gasteiger partial charge in [0.2, 0.25) is 5.82 Å². The van der Waals surface area contributed by atoms with Crippen LogP contribution in [-0.4, -0.2) is 44.4 Å². The number of nitrogens with zero attached hydrogens (tertiary/aromatic N) is 3. The zero-order chi connectivity index (χ0) is 24.2. The van der Waals surface area contributed by atoms with E-state index in [-0.39, 0.29) is 28.4 Å². The lowest BCUT2D eigenvalue weighted by atomic mass is 10.1. The molecule has 2 amide bonds. The summed E-state index contributed by atoms with van der Waals surface area (Å²) in [5.41, 5.74) is 1.96. The van der Waals surface area contributed by atoms with E-state index in [4.69, 9.17) is 4.74 Å². The number of hydrogen-bond acceptors (Lipinski definition) is 8. The molecule has 0 aliphatic rings. The second-order valence-electron chi connectivity index (χ2n) is 7.56. The van der Waals surface area contributed by atoms with Gasteiger partial charge in [-0.05, 0) is 29.9 Å². The summed E-state index contributed by atoms with van der Waals surface area (Å²) < 4.78 is 33.5. The van der Waals surface area contributed by atoms with Crippen LogP contribution in [0.3, 0.4) is 0 Å². The third kappa shape index (κ3) is 5.20. The van der Waals surface area contributed by atoms with Crippen molar-refractivity contribution in [2.75, 3.05) is 18.0 Å². The van der Waals surface area contributed by atoms with E-state index in [1.165, 1.54) is 13.3 Å². The first-order chi connectivity index (χ1) is 15.7. The summed E-state index contributed by atoms with van der Waals surface area (Å²) in [5, 5.41) is 4.26. The molecule has 33 heavy (non-hydrogen) atoms. The smallest absolute Gasteiger partial charge is 0.337 e. The van der Waals surface area contributed by atoms with Gasteiger partial charge in [-0.3, -0.25) is 4.79 Å². The number of aryl methyl sites for hydroxylation is 1. The minimum atomic E-state index is -4.41. The number of benzene rings is 1. The molecular formula is C22H24N4O5S2. The molecule has 1 N–H and O–H groups in total. The van der Waals surface area contributed by atoms with Crippen molar-refractivity contribution in [1.82, 2.24) is 15.3 Å². The van der Waals surface area contributed by atoms with Gasteiger partial charge in [-0.1, -0.05) is 38.1 Å². The van der Waals surface area contributed by atoms with Crippen molar-refractivity contribution in [2.45, 2.75) is 25.0 Å². The van der Waals surface area contributed by atoms with Crippen LogP contribution in [0.2, 0.25) is 0 Å². The molecule has 9 nitrogen and oxygen atoms in total. The normalized spacial score (nSPS) is 11.3. The minimum Gasteiger partial charge on any atom is -0.478 e. The second kappa shape index (κ2) is 10.1. The van der Waals surface area contributed by atoms with Gasteiger partial charge in [0.1, 0.15) is 10.5 Å². The van der Waals surface area contributed by atoms with Crippen molar-refractivity contribution >= 4 is 39.5 Å². The van der Waals surface area contributed by atoms with Gasteiger partial charge in [0, 0.05) is 17.7 Å². The molecule has 0 radical (unpaired) electrons. The highest BCUT2D eigenvalue weighted by atomic mass is 32.2. The fourth-order valence-corrected chi connectivity index (χ4v) is 5.72. The summed E-state index contributed by atoms with van der Waals surface area (Å²) in [4.78, 5) is 32.5. The SMILES string of the molecule is COc1nc(C)cnc1N(C(=O)NCC(C)C)S(=O)(=O)c1sccc1-c1ccc(C=O)cc1. The summed E-state index contributed by atoms with van der Waals surface area (Å²) in [6.07, 6.45) is 2.07. The third-order valence-electron chi connectivity index (χ3n) is 4.54. The fraction of sp³-hybridized carbons (Fsp3) is 0.273. The Morgan fingerprint density at radius 3 is 2.55 bits per heavy atom. The molecule has 0 unspecified atom stereocenters. The molecule has 0 atom stereocenters. The lowest BCUT2D eigenvalue weighted by Gasteiger charge is -2.23. The van der Waals surface area contributed by atoms with Crippen molar-refractivity contribution in [3.8, 4) is 17.0 Å². The van der Waals surface area contributed by atoms with E-state index < -0.39 is 16.1 Å². The Bertz CT molecular complexity index is 1250. The van der Waals surface area contributed by atoms with Gasteiger partial charge >= 0.3 is 6.03 Å². The highest BCUT2D eigenvalue weighted by molar-refractivity contribution is 7.95. The van der Waals surface area contributed by atoms with Gasteiger partial charge in [-0.2, -0.15) is 12.7 Å². The van der Waals surface area contributed by atoms with Gasteiger partial charge in [-0.25, -0.2) is 14.8 Å². The van der Waals surface area contributed by atoms with Crippen LogP contribution in [0.25, 0.3) is 11.1 Å². The predicted octanol–water partition coefficient (Wildman–Crippen LogP) is 3.90. The van der Waals surface area contributed by atoms with Gasteiger partial charge in [-0.15, -0.1) is 11.3 Å². The molecule has 0 fully saturated rings. The molecule has 3 rings (SSSR count). The van der Waals surface area contributed by atoms with Crippen molar-refractivity contribution in [3.05, 3.63) is 53.2 Å². The van der Waals surface area contributed by atoms with Gasteiger partial charge in [0.05, 0.1) is 19.0 Å². The third-order valence-corrected chi connectivity index (χ3v) is 7.67. The zero-order valence-corrected chi connectivity index (χ0v) is 20.2. The molecular weight excluding hydrogens is 464 g/mol. The Morgan fingerprint density at radius 1 is 1.24 bits per heavy atom. The quantitative estimate of drug-likeness (QED) is 0.478. The van der Waals surface area contributed by atoms with E-state index in [0.717, 1.165) is 11.3 Å². The van der Waals surface area contributed by atoms with Crippen LogP contribution in [0.15, 0.2) is 46.1 Å². The highest BCUT2D eigenvalue weighted by Crippen LogP contribution is 2.37. The second-order valence-corrected chi connectivity index (χ2v) is 10.5. The summed E-state index contributed by atoms with van der Waals surface area (Å²) >= 11 is 0.975. The van der Waals surface area contributed by atoms with Gasteiger partial charge in [0.15, 0.2) is 0 Å². The first kappa shape index (κ1) is 24.3. The van der Waals surface area contributed by atoms with E-state index in [1.54, 1.807) is 42.6 Å². The monoisotopic (exact) mass is 488 g/mol. The van der Waals surface area contributed by atoms with Crippen LogP contribution in [-0.2, 0) is 10.0 Å². The van der Waals surface area contributed by atoms with Gasteiger partial charge < -0.3 is 10.1 Å². The first-order valence-corrected chi connectivity index (χ1v) is 12.3. The molecule has 0 saturated heterocycles. The standard InChI is InChI=1S/C22H24N4O5S2/c1-14(2)11-24-22(28)26(19-20(31-4)25-15(3)12-23-19)33(29,30)21-18(9-10-32-21)17-7-5-16(13-27)6-8-17/h5-10,12-14H,11H2,1-4H3,(H,24,28). The topological polar surface area (TPSA) is 119 Å². The maximum absolute atomic E-state index is 13.8. The van der Waals surface area contributed by atoms with E-state index in [0.29, 0.717) is 33.0 Å². The molecule has 3 aromatic rings. The summed E-state index contributed by atoms with van der Waals surface area (Å²) in [6, 6.07) is 7.28. The summed E-state index contributed by atoms with van der Waals surface area (Å²) in [5.74, 6) is -0.232.